The first-order valence-corrected chi connectivity index (χ1v) is 13.2. The zero-order valence-corrected chi connectivity index (χ0v) is 23.1. The summed E-state index contributed by atoms with van der Waals surface area (Å²) in [4.78, 5) is 36.7. The summed E-state index contributed by atoms with van der Waals surface area (Å²) in [5.74, 6) is -0.592. The fourth-order valence-corrected chi connectivity index (χ4v) is 5.61. The van der Waals surface area contributed by atoms with Gasteiger partial charge >= 0.3 is 0 Å². The van der Waals surface area contributed by atoms with Crippen LogP contribution in [0.3, 0.4) is 0 Å². The summed E-state index contributed by atoms with van der Waals surface area (Å²) in [6.07, 6.45) is 3.78. The van der Waals surface area contributed by atoms with Crippen LogP contribution >= 0.6 is 0 Å². The van der Waals surface area contributed by atoms with E-state index in [1.807, 2.05) is 11.9 Å². The second-order valence-electron chi connectivity index (χ2n) is 10.4. The predicted molar refractivity (Wildman–Crippen MR) is 152 cm³/mol. The number of halogens is 2. The number of aldehydes is 1. The highest BCUT2D eigenvalue weighted by Crippen LogP contribution is 2.40. The van der Waals surface area contributed by atoms with Crippen LogP contribution in [0.25, 0.3) is 33.4 Å². The summed E-state index contributed by atoms with van der Waals surface area (Å²) in [6.45, 7) is 2.81. The number of rotatable bonds is 7. The van der Waals surface area contributed by atoms with E-state index in [0.29, 0.717) is 47.6 Å². The lowest BCUT2D eigenvalue weighted by Crippen LogP contribution is -2.67. The van der Waals surface area contributed by atoms with E-state index in [-0.39, 0.29) is 33.4 Å². The Morgan fingerprint density at radius 2 is 1.79 bits per heavy atom. The Morgan fingerprint density at radius 1 is 1.07 bits per heavy atom. The lowest BCUT2D eigenvalue weighted by Gasteiger charge is -2.47. The molecule has 0 atom stereocenters. The second-order valence-corrected chi connectivity index (χ2v) is 10.4. The number of hydrogen-bond acceptors (Lipinski definition) is 7. The number of aryl methyl sites for hydroxylation is 1. The molecule has 1 amide bonds. The van der Waals surface area contributed by atoms with Crippen LogP contribution in [0, 0.1) is 18.6 Å². The monoisotopic (exact) mass is 568 g/mol. The number of amides is 1. The van der Waals surface area contributed by atoms with Gasteiger partial charge in [-0.25, -0.2) is 18.7 Å². The van der Waals surface area contributed by atoms with Crippen LogP contribution in [0.15, 0.2) is 71.4 Å². The highest BCUT2D eigenvalue weighted by molar-refractivity contribution is 6.05. The molecule has 0 radical (unpaired) electrons. The Kier molecular flexibility index (Phi) is 6.78. The quantitative estimate of drug-likeness (QED) is 0.258. The standard InChI is InChI=1S/C32H26F2N4O4/c1-18-13-26(41-3)23(30(40)37-32(16-38(2)17-32)31-35-11-4-12-36-31)14-22(18)21-9-10-25-27(28(21)34)24(15-39)29(42-25)19-5-7-20(33)8-6-19/h4-15H,16-17H2,1-3H3,(H,37,40). The Bertz CT molecular complexity index is 1830. The molecule has 5 aromatic rings. The highest BCUT2D eigenvalue weighted by atomic mass is 19.1. The van der Waals surface area contributed by atoms with Crippen molar-refractivity contribution in [1.82, 2.24) is 20.2 Å². The first kappa shape index (κ1) is 27.2. The van der Waals surface area contributed by atoms with Crippen molar-refractivity contribution >= 4 is 23.2 Å². The molecule has 3 aromatic carbocycles. The molecule has 0 saturated carbocycles. The molecule has 42 heavy (non-hydrogen) atoms. The van der Waals surface area contributed by atoms with Crippen LogP contribution in [0.5, 0.6) is 5.75 Å². The number of nitrogens with one attached hydrogen (secondary N) is 1. The molecule has 3 heterocycles. The van der Waals surface area contributed by atoms with Gasteiger partial charge in [-0.1, -0.05) is 0 Å². The molecule has 1 saturated heterocycles. The first-order valence-electron chi connectivity index (χ1n) is 13.2. The maximum absolute atomic E-state index is 16.3. The van der Waals surface area contributed by atoms with E-state index in [1.54, 1.807) is 49.6 Å². The Hall–Kier alpha value is -4.96. The van der Waals surface area contributed by atoms with Crippen molar-refractivity contribution in [3.05, 3.63) is 101 Å². The predicted octanol–water partition coefficient (Wildman–Crippen LogP) is 5.54. The maximum atomic E-state index is 16.3. The SMILES string of the molecule is COc1cc(C)c(-c2ccc3oc(-c4ccc(F)cc4)c(C=O)c3c2F)cc1C(=O)NC1(c2ncccn2)CN(C)C1. The normalized spacial score (nSPS) is 14.4. The van der Waals surface area contributed by atoms with Gasteiger partial charge in [0.1, 0.15) is 34.3 Å². The van der Waals surface area contributed by atoms with Crippen LogP contribution in [0.4, 0.5) is 8.78 Å². The van der Waals surface area contributed by atoms with Gasteiger partial charge in [0.15, 0.2) is 12.1 Å². The van der Waals surface area contributed by atoms with Crippen molar-refractivity contribution in [2.24, 2.45) is 0 Å². The number of ether oxygens (including phenoxy) is 1. The van der Waals surface area contributed by atoms with Gasteiger partial charge in [0, 0.05) is 36.6 Å². The van der Waals surface area contributed by atoms with E-state index in [9.17, 15) is 14.0 Å². The summed E-state index contributed by atoms with van der Waals surface area (Å²) in [7, 11) is 3.39. The molecule has 1 N–H and O–H groups in total. The van der Waals surface area contributed by atoms with E-state index in [1.165, 1.54) is 31.4 Å². The molecule has 8 nitrogen and oxygen atoms in total. The number of likely N-dealkylation sites (tertiary alicyclic amines) is 1. The van der Waals surface area contributed by atoms with Gasteiger partial charge in [-0.15, -0.1) is 0 Å². The van der Waals surface area contributed by atoms with Crippen molar-refractivity contribution in [3.63, 3.8) is 0 Å². The number of fused-ring (bicyclic) bond motifs is 1. The van der Waals surface area contributed by atoms with Gasteiger partial charge in [-0.2, -0.15) is 0 Å². The number of benzene rings is 3. The molecule has 0 unspecified atom stereocenters. The van der Waals surface area contributed by atoms with Gasteiger partial charge in [-0.3, -0.25) is 9.59 Å². The fraction of sp³-hybridized carbons (Fsp3) is 0.188. The number of aromatic nitrogens is 2. The Balaban J connectivity index is 1.44. The molecule has 1 fully saturated rings. The zero-order chi connectivity index (χ0) is 29.6. The summed E-state index contributed by atoms with van der Waals surface area (Å²) >= 11 is 0. The van der Waals surface area contributed by atoms with Gasteiger partial charge < -0.3 is 19.4 Å². The smallest absolute Gasteiger partial charge is 0.255 e. The number of methoxy groups -OCH3 is 1. The van der Waals surface area contributed by atoms with Crippen LogP contribution in [0.1, 0.15) is 32.1 Å². The Labute approximate surface area is 240 Å². The molecule has 6 rings (SSSR count). The van der Waals surface area contributed by atoms with Gasteiger partial charge in [0.2, 0.25) is 0 Å². The average molecular weight is 569 g/mol. The van der Waals surface area contributed by atoms with Crippen molar-refractivity contribution in [2.45, 2.75) is 12.5 Å². The molecule has 212 valence electrons. The van der Waals surface area contributed by atoms with Crippen LogP contribution < -0.4 is 10.1 Å². The van der Waals surface area contributed by atoms with E-state index in [4.69, 9.17) is 9.15 Å². The van der Waals surface area contributed by atoms with E-state index in [2.05, 4.69) is 15.3 Å². The van der Waals surface area contributed by atoms with Crippen molar-refractivity contribution in [3.8, 4) is 28.2 Å². The number of likely N-dealkylation sites (N-methyl/N-ethyl adjacent to an activating group) is 1. The summed E-state index contributed by atoms with van der Waals surface area (Å²) in [6, 6.07) is 13.5. The minimum absolute atomic E-state index is 0.000675. The van der Waals surface area contributed by atoms with E-state index >= 15 is 4.39 Å². The molecule has 0 spiro atoms. The zero-order valence-electron chi connectivity index (χ0n) is 23.1. The van der Waals surface area contributed by atoms with Crippen LogP contribution in [-0.4, -0.2) is 54.3 Å². The van der Waals surface area contributed by atoms with Crippen molar-refractivity contribution in [1.29, 1.82) is 0 Å². The Morgan fingerprint density at radius 3 is 2.43 bits per heavy atom. The van der Waals surface area contributed by atoms with Gasteiger partial charge in [-0.05, 0) is 79.7 Å². The van der Waals surface area contributed by atoms with Gasteiger partial charge in [0.05, 0.1) is 23.6 Å². The number of furan rings is 1. The minimum atomic E-state index is -0.792. The highest BCUT2D eigenvalue weighted by Gasteiger charge is 2.46. The van der Waals surface area contributed by atoms with Gasteiger partial charge in [0.25, 0.3) is 5.91 Å². The third-order valence-electron chi connectivity index (χ3n) is 7.56. The van der Waals surface area contributed by atoms with E-state index < -0.39 is 23.1 Å². The summed E-state index contributed by atoms with van der Waals surface area (Å²) in [5.41, 5.74) is 1.30. The minimum Gasteiger partial charge on any atom is -0.496 e. The lowest BCUT2D eigenvalue weighted by molar-refractivity contribution is 0.0462. The summed E-state index contributed by atoms with van der Waals surface area (Å²) < 4.78 is 41.1. The third kappa shape index (κ3) is 4.50. The molecule has 0 aliphatic carbocycles. The molecular formula is C32H26F2N4O4. The summed E-state index contributed by atoms with van der Waals surface area (Å²) in [5, 5.41) is 3.09. The van der Waals surface area contributed by atoms with Crippen LogP contribution in [-0.2, 0) is 5.54 Å². The van der Waals surface area contributed by atoms with Crippen LogP contribution in [0.2, 0.25) is 0 Å². The first-order chi connectivity index (χ1) is 20.2. The molecule has 10 heteroatoms. The molecule has 1 aliphatic heterocycles. The maximum Gasteiger partial charge on any atom is 0.255 e. The number of carbonyl (C=O) groups excluding carboxylic acids is 2. The third-order valence-corrected chi connectivity index (χ3v) is 7.56. The molecule has 1 aliphatic rings. The number of hydrogen-bond donors (Lipinski definition) is 1. The number of carbonyl (C=O) groups is 2. The second kappa shape index (κ2) is 10.5. The van der Waals surface area contributed by atoms with E-state index in [0.717, 1.165) is 0 Å². The molecular weight excluding hydrogens is 542 g/mol. The van der Waals surface area contributed by atoms with Crippen molar-refractivity contribution in [2.75, 3.05) is 27.2 Å². The molecule has 0 bridgehead atoms. The fourth-order valence-electron chi connectivity index (χ4n) is 5.61. The largest absolute Gasteiger partial charge is 0.496 e. The van der Waals surface area contributed by atoms with Crippen molar-refractivity contribution < 1.29 is 27.5 Å². The number of nitrogens with zero attached hydrogens (tertiary/aromatic N) is 3. The topological polar surface area (TPSA) is 97.6 Å². The lowest BCUT2D eigenvalue weighted by atomic mass is 9.88. The average Bonchev–Trinajstić information content (AvgIpc) is 3.36. The molecule has 2 aromatic heterocycles.